The maximum atomic E-state index is 12.5. The minimum atomic E-state index is -0.0674. The van der Waals surface area contributed by atoms with Gasteiger partial charge in [-0.15, -0.1) is 0 Å². The van der Waals surface area contributed by atoms with E-state index >= 15 is 0 Å². The lowest BCUT2D eigenvalue weighted by Crippen LogP contribution is -2.26. The van der Waals surface area contributed by atoms with E-state index in [1.165, 1.54) is 12.4 Å². The van der Waals surface area contributed by atoms with Crippen LogP contribution in [0.3, 0.4) is 0 Å². The number of aryl methyl sites for hydroxylation is 1. The Morgan fingerprint density at radius 1 is 1.11 bits per heavy atom. The van der Waals surface area contributed by atoms with E-state index in [1.807, 2.05) is 48.0 Å². The molecular formula is C27H25ClN8O2. The fraction of sp³-hybridized carbons (Fsp3) is 0.222. The smallest absolute Gasteiger partial charge is 0.321 e. The topological polar surface area (TPSA) is 123 Å². The van der Waals surface area contributed by atoms with E-state index in [1.54, 1.807) is 6.20 Å². The zero-order valence-corrected chi connectivity index (χ0v) is 21.4. The number of amides is 1. The number of halogens is 1. The number of H-pyrrole nitrogens is 1. The maximum absolute atomic E-state index is 12.5. The van der Waals surface area contributed by atoms with Crippen LogP contribution in [0.2, 0.25) is 5.02 Å². The average molecular weight is 529 g/mol. The molecule has 0 atom stereocenters. The van der Waals surface area contributed by atoms with E-state index in [-0.39, 0.29) is 11.9 Å². The highest BCUT2D eigenvalue weighted by molar-refractivity contribution is 6.30. The molecule has 3 aromatic heterocycles. The van der Waals surface area contributed by atoms with Crippen LogP contribution in [0.4, 0.5) is 5.95 Å². The molecule has 5 aromatic rings. The van der Waals surface area contributed by atoms with Crippen LogP contribution in [0.5, 0.6) is 11.8 Å². The van der Waals surface area contributed by atoms with Crippen molar-refractivity contribution in [1.82, 2.24) is 35.0 Å². The molecule has 192 valence electrons. The van der Waals surface area contributed by atoms with Gasteiger partial charge in [-0.25, -0.2) is 15.0 Å². The van der Waals surface area contributed by atoms with Crippen molar-refractivity contribution in [1.29, 1.82) is 0 Å². The molecular weight excluding hydrogens is 504 g/mol. The second kappa shape index (κ2) is 10.1. The Morgan fingerprint density at radius 2 is 1.87 bits per heavy atom. The number of aromatic amines is 1. The van der Waals surface area contributed by atoms with Crippen LogP contribution in [0.1, 0.15) is 40.0 Å². The quantitative estimate of drug-likeness (QED) is 0.255. The lowest BCUT2D eigenvalue weighted by molar-refractivity contribution is 0.0950. The first-order valence-electron chi connectivity index (χ1n) is 12.3. The minimum absolute atomic E-state index is 0.0674. The molecule has 38 heavy (non-hydrogen) atoms. The number of nitrogens with zero attached hydrogens (tertiary/aromatic N) is 5. The third-order valence-electron chi connectivity index (χ3n) is 6.38. The van der Waals surface area contributed by atoms with E-state index in [4.69, 9.17) is 21.3 Å². The fourth-order valence-electron chi connectivity index (χ4n) is 4.16. The summed E-state index contributed by atoms with van der Waals surface area (Å²) in [5, 5.41) is 14.0. The monoisotopic (exact) mass is 528 g/mol. The van der Waals surface area contributed by atoms with Gasteiger partial charge in [0.25, 0.3) is 5.91 Å². The molecule has 0 aliphatic heterocycles. The second-order valence-electron chi connectivity index (χ2n) is 9.29. The molecule has 11 heteroatoms. The summed E-state index contributed by atoms with van der Waals surface area (Å²) in [4.78, 5) is 25.4. The Balaban J connectivity index is 1.11. The summed E-state index contributed by atoms with van der Waals surface area (Å²) in [7, 11) is 1.98. The van der Waals surface area contributed by atoms with Crippen molar-refractivity contribution in [2.45, 2.75) is 31.8 Å². The molecule has 3 N–H and O–H groups in total. The molecule has 0 spiro atoms. The van der Waals surface area contributed by atoms with E-state index in [2.05, 4.69) is 36.9 Å². The van der Waals surface area contributed by atoms with Crippen molar-refractivity contribution < 1.29 is 9.53 Å². The third kappa shape index (κ3) is 5.30. The van der Waals surface area contributed by atoms with E-state index in [0.717, 1.165) is 46.6 Å². The van der Waals surface area contributed by atoms with Gasteiger partial charge >= 0.3 is 6.01 Å². The fourth-order valence-corrected chi connectivity index (χ4v) is 4.25. The van der Waals surface area contributed by atoms with Gasteiger partial charge in [-0.3, -0.25) is 9.89 Å². The van der Waals surface area contributed by atoms with Gasteiger partial charge in [-0.1, -0.05) is 29.8 Å². The zero-order chi connectivity index (χ0) is 26.1. The first-order chi connectivity index (χ1) is 18.5. The van der Waals surface area contributed by atoms with Gasteiger partial charge in [0, 0.05) is 26.1 Å². The molecule has 0 saturated heterocycles. The summed E-state index contributed by atoms with van der Waals surface area (Å²) in [6.45, 7) is 0.593. The number of imidazole rings is 1. The first kappa shape index (κ1) is 23.9. The lowest BCUT2D eigenvalue weighted by Gasteiger charge is -2.08. The Morgan fingerprint density at radius 3 is 2.63 bits per heavy atom. The summed E-state index contributed by atoms with van der Waals surface area (Å²) in [6.07, 6.45) is 7.25. The Hall–Kier alpha value is -4.44. The predicted octanol–water partition coefficient (Wildman–Crippen LogP) is 4.63. The Labute approximate surface area is 223 Å². The highest BCUT2D eigenvalue weighted by Gasteiger charge is 2.25. The molecule has 3 heterocycles. The number of nitrogens with one attached hydrogen (secondary N) is 3. The van der Waals surface area contributed by atoms with Crippen molar-refractivity contribution >= 4 is 34.5 Å². The largest absolute Gasteiger partial charge is 0.424 e. The number of hydrogen-bond acceptors (Lipinski definition) is 7. The molecule has 0 bridgehead atoms. The molecule has 1 aliphatic carbocycles. The van der Waals surface area contributed by atoms with Gasteiger partial charge in [-0.2, -0.15) is 5.10 Å². The summed E-state index contributed by atoms with van der Waals surface area (Å²) >= 11 is 5.81. The van der Waals surface area contributed by atoms with Crippen LogP contribution in [-0.2, 0) is 20.0 Å². The Bertz CT molecular complexity index is 1590. The molecule has 0 radical (unpaired) electrons. The molecule has 0 unspecified atom stereocenters. The SMILES string of the molecule is Cn1c(NCc2ccc(Oc3ncc(Cl)cn3)cc2)nc2ccc(Cc3[nH]ncc3C(=O)NC3CC3)cc21. The normalized spacial score (nSPS) is 13.0. The summed E-state index contributed by atoms with van der Waals surface area (Å²) < 4.78 is 7.68. The first-order valence-corrected chi connectivity index (χ1v) is 12.7. The van der Waals surface area contributed by atoms with Crippen molar-refractivity contribution in [3.63, 3.8) is 0 Å². The van der Waals surface area contributed by atoms with Crippen LogP contribution < -0.4 is 15.4 Å². The number of rotatable bonds is 9. The van der Waals surface area contributed by atoms with Crippen molar-refractivity contribution in [3.8, 4) is 11.8 Å². The van der Waals surface area contributed by atoms with Crippen LogP contribution in [0.25, 0.3) is 11.0 Å². The van der Waals surface area contributed by atoms with Crippen molar-refractivity contribution in [3.05, 3.63) is 88.5 Å². The van der Waals surface area contributed by atoms with Gasteiger partial charge in [0.05, 0.1) is 45.9 Å². The van der Waals surface area contributed by atoms with Crippen LogP contribution in [0.15, 0.2) is 61.1 Å². The van der Waals surface area contributed by atoms with Gasteiger partial charge in [-0.05, 0) is 48.2 Å². The number of hydrogen-bond donors (Lipinski definition) is 3. The zero-order valence-electron chi connectivity index (χ0n) is 20.6. The number of carbonyl (C=O) groups is 1. The lowest BCUT2D eigenvalue weighted by atomic mass is 10.1. The summed E-state index contributed by atoms with van der Waals surface area (Å²) in [6, 6.07) is 14.4. The Kier molecular flexibility index (Phi) is 6.38. The molecule has 2 aromatic carbocycles. The predicted molar refractivity (Wildman–Crippen MR) is 143 cm³/mol. The van der Waals surface area contributed by atoms with Crippen LogP contribution >= 0.6 is 11.6 Å². The molecule has 1 saturated carbocycles. The van der Waals surface area contributed by atoms with Gasteiger partial charge in [0.1, 0.15) is 5.75 Å². The number of aromatic nitrogens is 6. The molecule has 1 aliphatic rings. The third-order valence-corrected chi connectivity index (χ3v) is 6.58. The number of ether oxygens (including phenoxy) is 1. The highest BCUT2D eigenvalue weighted by Crippen LogP contribution is 2.24. The van der Waals surface area contributed by atoms with Gasteiger partial charge in [0.15, 0.2) is 0 Å². The molecule has 6 rings (SSSR count). The molecule has 1 amide bonds. The van der Waals surface area contributed by atoms with Crippen LogP contribution in [0, 0.1) is 0 Å². The standard InChI is InChI=1S/C27H25ClN8O2/c1-36-24-11-17(10-23-21(15-32-35-23)25(37)33-19-5-6-19)4-9-22(24)34-26(36)29-12-16-2-7-20(8-3-16)38-27-30-13-18(28)14-31-27/h2-4,7-9,11,13-15,19H,5-6,10,12H2,1H3,(H,29,34)(H,32,35)(H,33,37). The maximum Gasteiger partial charge on any atom is 0.321 e. The second-order valence-corrected chi connectivity index (χ2v) is 9.72. The molecule has 10 nitrogen and oxygen atoms in total. The number of anilines is 1. The highest BCUT2D eigenvalue weighted by atomic mass is 35.5. The molecule has 1 fully saturated rings. The van der Waals surface area contributed by atoms with E-state index in [0.29, 0.717) is 35.3 Å². The van der Waals surface area contributed by atoms with Crippen molar-refractivity contribution in [2.75, 3.05) is 5.32 Å². The number of benzene rings is 2. The number of fused-ring (bicyclic) bond motifs is 1. The summed E-state index contributed by atoms with van der Waals surface area (Å²) in [5.74, 6) is 1.33. The summed E-state index contributed by atoms with van der Waals surface area (Å²) in [5.41, 5.74) is 5.43. The van der Waals surface area contributed by atoms with E-state index < -0.39 is 0 Å². The van der Waals surface area contributed by atoms with Gasteiger partial charge in [0.2, 0.25) is 5.95 Å². The van der Waals surface area contributed by atoms with Crippen LogP contribution in [-0.4, -0.2) is 41.7 Å². The van der Waals surface area contributed by atoms with Crippen molar-refractivity contribution in [2.24, 2.45) is 7.05 Å². The number of carbonyl (C=O) groups excluding carboxylic acids is 1. The van der Waals surface area contributed by atoms with E-state index in [9.17, 15) is 4.79 Å². The minimum Gasteiger partial charge on any atom is -0.424 e. The average Bonchev–Trinajstić information content (AvgIpc) is 3.52. The van der Waals surface area contributed by atoms with Gasteiger partial charge < -0.3 is 19.9 Å².